The lowest BCUT2D eigenvalue weighted by atomic mass is 9.81. The monoisotopic (exact) mass is 252 g/mol. The van der Waals surface area contributed by atoms with Crippen LogP contribution in [0.2, 0.25) is 0 Å². The first-order chi connectivity index (χ1) is 7.84. The lowest BCUT2D eigenvalue weighted by molar-refractivity contribution is -0.164. The zero-order valence-electron chi connectivity index (χ0n) is 9.63. The van der Waals surface area contributed by atoms with Crippen LogP contribution in [0.15, 0.2) is 0 Å². The van der Waals surface area contributed by atoms with Crippen LogP contribution in [0.1, 0.15) is 32.1 Å². The maximum atomic E-state index is 12.5. The average Bonchev–Trinajstić information content (AvgIpc) is 2.20. The summed E-state index contributed by atoms with van der Waals surface area (Å²) >= 11 is 0. The number of hydrogen-bond acceptors (Lipinski definition) is 3. The smallest absolute Gasteiger partial charge is 0.395 e. The van der Waals surface area contributed by atoms with Crippen LogP contribution in [-0.2, 0) is 0 Å². The second-order valence-electron chi connectivity index (χ2n) is 4.79. The van der Waals surface area contributed by atoms with Crippen molar-refractivity contribution in [3.63, 3.8) is 0 Å². The quantitative estimate of drug-likeness (QED) is 0.670. The molecule has 0 radical (unpaired) electrons. The van der Waals surface area contributed by atoms with E-state index in [4.69, 9.17) is 16.2 Å². The van der Waals surface area contributed by atoms with Crippen LogP contribution in [0, 0.1) is 17.2 Å². The summed E-state index contributed by atoms with van der Waals surface area (Å²) in [7, 11) is 0. The van der Waals surface area contributed by atoms with Gasteiger partial charge < -0.3 is 16.2 Å². The van der Waals surface area contributed by atoms with Crippen molar-refractivity contribution in [1.29, 1.82) is 5.41 Å². The Balaban J connectivity index is 2.48. The fraction of sp³-hybridized carbons (Fsp3) is 0.909. The number of nitrogens with one attached hydrogen (secondary N) is 1. The van der Waals surface area contributed by atoms with Gasteiger partial charge in [0.1, 0.15) is 5.92 Å². The summed E-state index contributed by atoms with van der Waals surface area (Å²) in [5.41, 5.74) is 5.31. The largest absolute Gasteiger partial charge is 0.399 e. The Hall–Kier alpha value is -0.620. The van der Waals surface area contributed by atoms with E-state index in [9.17, 15) is 13.2 Å². The Bertz CT molecular complexity index is 260. The molecule has 0 bridgehead atoms. The summed E-state index contributed by atoms with van der Waals surface area (Å²) in [6.45, 7) is -1.03. The van der Waals surface area contributed by atoms with Gasteiger partial charge in [-0.3, -0.25) is 0 Å². The number of halogens is 3. The fourth-order valence-corrected chi connectivity index (χ4v) is 2.26. The minimum absolute atomic E-state index is 0.110. The third-order valence-corrected chi connectivity index (χ3v) is 3.40. The summed E-state index contributed by atoms with van der Waals surface area (Å²) in [4.78, 5) is 0. The molecule has 1 fully saturated rings. The van der Waals surface area contributed by atoms with Crippen LogP contribution < -0.4 is 5.73 Å². The molecule has 6 heteroatoms. The molecule has 1 rings (SSSR count). The molecular weight excluding hydrogens is 233 g/mol. The van der Waals surface area contributed by atoms with Crippen molar-refractivity contribution in [3.8, 4) is 0 Å². The van der Waals surface area contributed by atoms with Crippen molar-refractivity contribution < 1.29 is 18.3 Å². The van der Waals surface area contributed by atoms with E-state index in [1.54, 1.807) is 0 Å². The molecule has 0 aliphatic heterocycles. The second-order valence-corrected chi connectivity index (χ2v) is 4.79. The van der Waals surface area contributed by atoms with E-state index < -0.39 is 24.4 Å². The molecule has 0 aromatic rings. The molecule has 0 saturated heterocycles. The van der Waals surface area contributed by atoms with Crippen molar-refractivity contribution in [1.82, 2.24) is 0 Å². The first-order valence-corrected chi connectivity index (χ1v) is 5.85. The van der Waals surface area contributed by atoms with Crippen molar-refractivity contribution in [3.05, 3.63) is 0 Å². The van der Waals surface area contributed by atoms with Gasteiger partial charge in [0.15, 0.2) is 0 Å². The Morgan fingerprint density at radius 1 is 1.29 bits per heavy atom. The molecule has 1 atom stereocenters. The lowest BCUT2D eigenvalue weighted by Gasteiger charge is -2.28. The Labute approximate surface area is 98.7 Å². The summed E-state index contributed by atoms with van der Waals surface area (Å²) < 4.78 is 37.4. The van der Waals surface area contributed by atoms with Gasteiger partial charge in [-0.2, -0.15) is 13.2 Å². The molecular formula is C11H19F3N2O. The van der Waals surface area contributed by atoms with Gasteiger partial charge in [0.05, 0.1) is 6.61 Å². The van der Waals surface area contributed by atoms with Crippen LogP contribution in [0.5, 0.6) is 0 Å². The highest BCUT2D eigenvalue weighted by Crippen LogP contribution is 2.32. The molecule has 0 unspecified atom stereocenters. The number of hydrogen-bond donors (Lipinski definition) is 3. The number of nitrogens with two attached hydrogens (primary N) is 1. The molecule has 100 valence electrons. The van der Waals surface area contributed by atoms with E-state index in [2.05, 4.69) is 0 Å². The molecule has 0 heterocycles. The molecule has 0 spiro atoms. The van der Waals surface area contributed by atoms with Gasteiger partial charge in [0.25, 0.3) is 0 Å². The molecule has 4 N–H and O–H groups in total. The van der Waals surface area contributed by atoms with Crippen molar-refractivity contribution in [2.24, 2.45) is 17.6 Å². The highest BCUT2D eigenvalue weighted by Gasteiger charge is 2.42. The third kappa shape index (κ3) is 4.27. The summed E-state index contributed by atoms with van der Waals surface area (Å²) in [5, 5.41) is 16.2. The number of rotatable bonds is 4. The lowest BCUT2D eigenvalue weighted by Crippen LogP contribution is -2.35. The minimum atomic E-state index is -4.52. The fourth-order valence-electron chi connectivity index (χ4n) is 2.26. The molecule has 0 amide bonds. The Kier molecular flexibility index (Phi) is 4.94. The molecule has 1 aliphatic rings. The maximum Gasteiger partial charge on any atom is 0.399 e. The van der Waals surface area contributed by atoms with Gasteiger partial charge in [-0.15, -0.1) is 0 Å². The molecule has 0 aromatic carbocycles. The van der Waals surface area contributed by atoms with E-state index >= 15 is 0 Å². The number of alkyl halides is 3. The standard InChI is InChI=1S/C11H19F3N2O/c12-11(13,14)9(6-17)10(16)5-7-1-3-8(15)4-2-7/h7-9,16-17H,1-6,15H2/t7-,8-,9-/m1/s1. The van der Waals surface area contributed by atoms with Gasteiger partial charge >= 0.3 is 6.18 Å². The predicted molar refractivity (Wildman–Crippen MR) is 58.9 cm³/mol. The summed E-state index contributed by atoms with van der Waals surface area (Å²) in [6.07, 6.45) is -1.21. The highest BCUT2D eigenvalue weighted by molar-refractivity contribution is 5.84. The molecule has 0 aromatic heterocycles. The van der Waals surface area contributed by atoms with Gasteiger partial charge in [-0.25, -0.2) is 0 Å². The number of aliphatic hydroxyl groups excluding tert-OH is 1. The van der Waals surface area contributed by atoms with Crippen molar-refractivity contribution in [2.45, 2.75) is 44.3 Å². The Morgan fingerprint density at radius 3 is 2.24 bits per heavy atom. The number of aliphatic hydroxyl groups is 1. The van der Waals surface area contributed by atoms with Crippen LogP contribution in [0.25, 0.3) is 0 Å². The second kappa shape index (κ2) is 5.82. The Morgan fingerprint density at radius 2 is 1.82 bits per heavy atom. The zero-order chi connectivity index (χ0) is 13.1. The van der Waals surface area contributed by atoms with Crippen molar-refractivity contribution >= 4 is 5.71 Å². The molecule has 1 saturated carbocycles. The summed E-state index contributed by atoms with van der Waals surface area (Å²) in [6, 6.07) is 0.150. The van der Waals surface area contributed by atoms with Gasteiger partial charge in [-0.1, -0.05) is 0 Å². The van der Waals surface area contributed by atoms with Gasteiger partial charge in [0.2, 0.25) is 0 Å². The first kappa shape index (κ1) is 14.4. The van der Waals surface area contributed by atoms with Crippen LogP contribution in [-0.4, -0.2) is 29.6 Å². The molecule has 1 aliphatic carbocycles. The first-order valence-electron chi connectivity index (χ1n) is 5.85. The highest BCUT2D eigenvalue weighted by atomic mass is 19.4. The van der Waals surface area contributed by atoms with E-state index in [1.165, 1.54) is 0 Å². The minimum Gasteiger partial charge on any atom is -0.395 e. The topological polar surface area (TPSA) is 70.1 Å². The van der Waals surface area contributed by atoms with Gasteiger partial charge in [-0.05, 0) is 38.0 Å². The summed E-state index contributed by atoms with van der Waals surface area (Å²) in [5.74, 6) is -1.89. The van der Waals surface area contributed by atoms with E-state index in [0.29, 0.717) is 0 Å². The van der Waals surface area contributed by atoms with E-state index in [1.807, 2.05) is 0 Å². The molecule has 3 nitrogen and oxygen atoms in total. The SMILES string of the molecule is N=C(C[C@H]1CC[C@H](N)CC1)[C@@H](CO)C(F)(F)F. The van der Waals surface area contributed by atoms with Crippen LogP contribution in [0.3, 0.4) is 0 Å². The maximum absolute atomic E-state index is 12.5. The van der Waals surface area contributed by atoms with Gasteiger partial charge in [0, 0.05) is 11.8 Å². The predicted octanol–water partition coefficient (Wildman–Crippen LogP) is 2.08. The third-order valence-electron chi connectivity index (χ3n) is 3.40. The van der Waals surface area contributed by atoms with Crippen LogP contribution >= 0.6 is 0 Å². The molecule has 17 heavy (non-hydrogen) atoms. The normalized spacial score (nSPS) is 27.8. The average molecular weight is 252 g/mol. The zero-order valence-corrected chi connectivity index (χ0v) is 9.63. The van der Waals surface area contributed by atoms with Crippen LogP contribution in [0.4, 0.5) is 13.2 Å². The van der Waals surface area contributed by atoms with E-state index in [-0.39, 0.29) is 18.4 Å². The van der Waals surface area contributed by atoms with E-state index in [0.717, 1.165) is 25.7 Å². The van der Waals surface area contributed by atoms with Crippen molar-refractivity contribution in [2.75, 3.05) is 6.61 Å².